The predicted molar refractivity (Wildman–Crippen MR) is 61.4 cm³/mol. The average Bonchev–Trinajstić information content (AvgIpc) is 2.24. The Bertz CT molecular complexity index is 382. The Kier molecular flexibility index (Phi) is 4.90. The van der Waals surface area contributed by atoms with E-state index in [1.165, 1.54) is 18.2 Å². The van der Waals surface area contributed by atoms with Crippen LogP contribution in [0.3, 0.4) is 0 Å². The number of hydrogen-bond donors (Lipinski definition) is 1. The second-order valence-electron chi connectivity index (χ2n) is 3.89. The standard InChI is InChI=1S/C12H16FN3/c1-16(2)6-5-15-9-11-7-12(13)4-3-10(11)8-14/h3-4,7,15H,5-6,9H2,1-2H3. The van der Waals surface area contributed by atoms with Gasteiger partial charge in [0.25, 0.3) is 0 Å². The van der Waals surface area contributed by atoms with Gasteiger partial charge in [0.2, 0.25) is 0 Å². The van der Waals surface area contributed by atoms with E-state index < -0.39 is 0 Å². The van der Waals surface area contributed by atoms with E-state index in [0.29, 0.717) is 17.7 Å². The van der Waals surface area contributed by atoms with E-state index in [-0.39, 0.29) is 5.82 Å². The Labute approximate surface area is 95.5 Å². The maximum absolute atomic E-state index is 13.0. The Morgan fingerprint density at radius 2 is 2.19 bits per heavy atom. The number of nitrogens with zero attached hydrogens (tertiary/aromatic N) is 2. The molecule has 0 aliphatic heterocycles. The Morgan fingerprint density at radius 3 is 2.81 bits per heavy atom. The van der Waals surface area contributed by atoms with Crippen LogP contribution in [0.5, 0.6) is 0 Å². The average molecular weight is 221 g/mol. The summed E-state index contributed by atoms with van der Waals surface area (Å²) < 4.78 is 13.0. The van der Waals surface area contributed by atoms with Crippen molar-refractivity contribution in [3.63, 3.8) is 0 Å². The van der Waals surface area contributed by atoms with Crippen molar-refractivity contribution < 1.29 is 4.39 Å². The molecule has 0 aromatic heterocycles. The summed E-state index contributed by atoms with van der Waals surface area (Å²) in [6.07, 6.45) is 0. The molecule has 0 atom stereocenters. The van der Waals surface area contributed by atoms with Gasteiger partial charge in [0.1, 0.15) is 5.82 Å². The van der Waals surface area contributed by atoms with Gasteiger partial charge < -0.3 is 10.2 Å². The lowest BCUT2D eigenvalue weighted by Gasteiger charge is -2.11. The molecular formula is C12H16FN3. The topological polar surface area (TPSA) is 39.1 Å². The minimum atomic E-state index is -0.302. The summed E-state index contributed by atoms with van der Waals surface area (Å²) in [5.74, 6) is -0.302. The van der Waals surface area contributed by atoms with Crippen molar-refractivity contribution in [1.82, 2.24) is 10.2 Å². The zero-order valence-corrected chi connectivity index (χ0v) is 9.63. The fourth-order valence-electron chi connectivity index (χ4n) is 1.34. The van der Waals surface area contributed by atoms with E-state index in [2.05, 4.69) is 16.3 Å². The lowest BCUT2D eigenvalue weighted by Crippen LogP contribution is -2.26. The van der Waals surface area contributed by atoms with Crippen LogP contribution in [0.15, 0.2) is 18.2 Å². The van der Waals surface area contributed by atoms with Gasteiger partial charge in [0.05, 0.1) is 11.6 Å². The molecule has 3 nitrogen and oxygen atoms in total. The van der Waals surface area contributed by atoms with E-state index in [9.17, 15) is 4.39 Å². The summed E-state index contributed by atoms with van der Waals surface area (Å²) in [6, 6.07) is 6.28. The van der Waals surface area contributed by atoms with Crippen LogP contribution in [-0.2, 0) is 6.54 Å². The van der Waals surface area contributed by atoms with Gasteiger partial charge in [-0.15, -0.1) is 0 Å². The second kappa shape index (κ2) is 6.21. The van der Waals surface area contributed by atoms with Crippen molar-refractivity contribution in [3.05, 3.63) is 35.1 Å². The molecule has 0 spiro atoms. The molecule has 0 fully saturated rings. The molecule has 0 bridgehead atoms. The fraction of sp³-hybridized carbons (Fsp3) is 0.417. The quantitative estimate of drug-likeness (QED) is 0.763. The molecule has 1 aromatic rings. The smallest absolute Gasteiger partial charge is 0.123 e. The second-order valence-corrected chi connectivity index (χ2v) is 3.89. The van der Waals surface area contributed by atoms with Crippen LogP contribution in [0.4, 0.5) is 4.39 Å². The molecule has 16 heavy (non-hydrogen) atoms. The summed E-state index contributed by atoms with van der Waals surface area (Å²) in [4.78, 5) is 2.06. The number of nitriles is 1. The van der Waals surface area contributed by atoms with Crippen molar-refractivity contribution in [2.24, 2.45) is 0 Å². The van der Waals surface area contributed by atoms with Gasteiger partial charge in [0, 0.05) is 19.6 Å². The molecule has 0 saturated carbocycles. The molecule has 1 rings (SSSR count). The maximum Gasteiger partial charge on any atom is 0.123 e. The van der Waals surface area contributed by atoms with Gasteiger partial charge in [0.15, 0.2) is 0 Å². The van der Waals surface area contributed by atoms with Crippen LogP contribution in [0.1, 0.15) is 11.1 Å². The molecule has 1 N–H and O–H groups in total. The molecule has 0 radical (unpaired) electrons. The monoisotopic (exact) mass is 221 g/mol. The zero-order chi connectivity index (χ0) is 12.0. The molecule has 1 aromatic carbocycles. The maximum atomic E-state index is 13.0. The van der Waals surface area contributed by atoms with Crippen LogP contribution < -0.4 is 5.32 Å². The molecule has 4 heteroatoms. The Balaban J connectivity index is 2.53. The number of halogens is 1. The van der Waals surface area contributed by atoms with E-state index in [1.807, 2.05) is 14.1 Å². The van der Waals surface area contributed by atoms with Crippen LogP contribution >= 0.6 is 0 Å². The first-order valence-corrected chi connectivity index (χ1v) is 5.17. The summed E-state index contributed by atoms with van der Waals surface area (Å²) in [7, 11) is 3.98. The van der Waals surface area contributed by atoms with Crippen molar-refractivity contribution in [2.45, 2.75) is 6.54 Å². The Hall–Kier alpha value is -1.44. The summed E-state index contributed by atoms with van der Waals surface area (Å²) in [5.41, 5.74) is 1.24. The highest BCUT2D eigenvalue weighted by Gasteiger charge is 2.03. The van der Waals surface area contributed by atoms with Gasteiger partial charge in [-0.3, -0.25) is 0 Å². The van der Waals surface area contributed by atoms with E-state index in [4.69, 9.17) is 5.26 Å². The molecule has 0 aliphatic rings. The third kappa shape index (κ3) is 3.97. The van der Waals surface area contributed by atoms with Crippen LogP contribution in [-0.4, -0.2) is 32.1 Å². The van der Waals surface area contributed by atoms with E-state index in [0.717, 1.165) is 13.1 Å². The third-order valence-electron chi connectivity index (χ3n) is 2.24. The third-order valence-corrected chi connectivity index (χ3v) is 2.24. The first-order chi connectivity index (χ1) is 7.63. The predicted octanol–water partition coefficient (Wildman–Crippen LogP) is 1.35. The zero-order valence-electron chi connectivity index (χ0n) is 9.63. The lowest BCUT2D eigenvalue weighted by molar-refractivity contribution is 0.400. The molecule has 86 valence electrons. The van der Waals surface area contributed by atoms with E-state index >= 15 is 0 Å². The minimum Gasteiger partial charge on any atom is -0.311 e. The molecule has 0 heterocycles. The first kappa shape index (κ1) is 12.6. The van der Waals surface area contributed by atoms with Gasteiger partial charge >= 0.3 is 0 Å². The molecule has 0 amide bonds. The molecule has 0 saturated heterocycles. The van der Waals surface area contributed by atoms with Crippen molar-refractivity contribution in [2.75, 3.05) is 27.2 Å². The van der Waals surface area contributed by atoms with Gasteiger partial charge in [-0.05, 0) is 37.9 Å². The van der Waals surface area contributed by atoms with Crippen LogP contribution in [0.2, 0.25) is 0 Å². The van der Waals surface area contributed by atoms with Crippen LogP contribution in [0.25, 0.3) is 0 Å². The van der Waals surface area contributed by atoms with Gasteiger partial charge in [-0.1, -0.05) is 0 Å². The highest BCUT2D eigenvalue weighted by molar-refractivity contribution is 5.37. The number of rotatable bonds is 5. The minimum absolute atomic E-state index is 0.302. The van der Waals surface area contributed by atoms with Crippen molar-refractivity contribution in [1.29, 1.82) is 5.26 Å². The first-order valence-electron chi connectivity index (χ1n) is 5.17. The number of likely N-dealkylation sites (N-methyl/N-ethyl adjacent to an activating group) is 1. The molecule has 0 aliphatic carbocycles. The van der Waals surface area contributed by atoms with Gasteiger partial charge in [-0.2, -0.15) is 5.26 Å². The van der Waals surface area contributed by atoms with Crippen LogP contribution in [0, 0.1) is 17.1 Å². The fourth-order valence-corrected chi connectivity index (χ4v) is 1.34. The number of nitrogens with one attached hydrogen (secondary N) is 1. The van der Waals surface area contributed by atoms with Crippen molar-refractivity contribution in [3.8, 4) is 6.07 Å². The molecular weight excluding hydrogens is 205 g/mol. The summed E-state index contributed by atoms with van der Waals surface area (Å²) >= 11 is 0. The van der Waals surface area contributed by atoms with Crippen molar-refractivity contribution >= 4 is 0 Å². The summed E-state index contributed by atoms with van der Waals surface area (Å²) in [6.45, 7) is 2.25. The van der Waals surface area contributed by atoms with E-state index in [1.54, 1.807) is 0 Å². The lowest BCUT2D eigenvalue weighted by atomic mass is 10.1. The summed E-state index contributed by atoms with van der Waals surface area (Å²) in [5, 5.41) is 12.0. The molecule has 0 unspecified atom stereocenters. The normalized spacial score (nSPS) is 10.4. The largest absolute Gasteiger partial charge is 0.311 e. The Morgan fingerprint density at radius 1 is 1.44 bits per heavy atom. The van der Waals surface area contributed by atoms with Gasteiger partial charge in [-0.25, -0.2) is 4.39 Å². The highest BCUT2D eigenvalue weighted by atomic mass is 19.1. The number of hydrogen-bond acceptors (Lipinski definition) is 3. The number of benzene rings is 1. The SMILES string of the molecule is CN(C)CCNCc1cc(F)ccc1C#N. The highest BCUT2D eigenvalue weighted by Crippen LogP contribution is 2.09.